The second-order valence-electron chi connectivity index (χ2n) is 1.20. The van der Waals surface area contributed by atoms with E-state index in [1.54, 1.807) is 0 Å². The van der Waals surface area contributed by atoms with Gasteiger partial charge in [-0.05, 0) is 22.5 Å². The van der Waals surface area contributed by atoms with E-state index < -0.39 is 5.85 Å². The van der Waals surface area contributed by atoms with Gasteiger partial charge in [-0.25, -0.2) is 0 Å². The summed E-state index contributed by atoms with van der Waals surface area (Å²) in [6.07, 6.45) is 0. The lowest BCUT2D eigenvalue weighted by atomic mass is 10.7. The van der Waals surface area contributed by atoms with Crippen LogP contribution in [0.5, 0.6) is 0 Å². The van der Waals surface area contributed by atoms with E-state index in [9.17, 15) is 4.57 Å². The summed E-state index contributed by atoms with van der Waals surface area (Å²) in [5, 5.41) is 0.161. The van der Waals surface area contributed by atoms with Gasteiger partial charge < -0.3 is 0 Å². The molecule has 0 heterocycles. The maximum Gasteiger partial charge on any atom is 0.280 e. The van der Waals surface area contributed by atoms with Crippen molar-refractivity contribution in [2.45, 2.75) is 0 Å². The fourth-order valence-electron chi connectivity index (χ4n) is 0.156. The molecule has 0 aliphatic heterocycles. The van der Waals surface area contributed by atoms with Crippen molar-refractivity contribution in [3.63, 3.8) is 0 Å². The average molecular weight is 228 g/mol. The molecule has 0 saturated heterocycles. The van der Waals surface area contributed by atoms with Gasteiger partial charge in [-0.2, -0.15) is 0 Å². The Labute approximate surface area is 72.9 Å². The highest BCUT2D eigenvalue weighted by molar-refractivity contribution is 8.11. The zero-order chi connectivity index (χ0) is 7.49. The Bertz CT molecular complexity index is 159. The zero-order valence-electron chi connectivity index (χ0n) is 4.15. The first kappa shape index (κ1) is 10.1. The molecule has 0 radical (unpaired) electrons. The van der Waals surface area contributed by atoms with E-state index in [-0.39, 0.29) is 11.2 Å². The molecule has 0 amide bonds. The molecule has 0 saturated carbocycles. The van der Waals surface area contributed by atoms with Crippen LogP contribution in [0.2, 0.25) is 0 Å². The maximum atomic E-state index is 10.7. The largest absolute Gasteiger partial charge is 0.284 e. The molecular weight excluding hydrogens is 225 g/mol. The quantitative estimate of drug-likeness (QED) is 0.515. The van der Waals surface area contributed by atoms with E-state index in [0.29, 0.717) is 0 Å². The van der Waals surface area contributed by atoms with Crippen molar-refractivity contribution in [2.75, 3.05) is 5.88 Å². The molecule has 1 nitrogen and oxygen atoms in total. The van der Waals surface area contributed by atoms with Crippen molar-refractivity contribution >= 4 is 51.5 Å². The predicted molar refractivity (Wildman–Crippen MR) is 44.0 cm³/mol. The van der Waals surface area contributed by atoms with Gasteiger partial charge in [-0.1, -0.05) is 11.6 Å². The monoisotopic (exact) mass is 226 g/mol. The van der Waals surface area contributed by atoms with Gasteiger partial charge in [0.1, 0.15) is 0 Å². The van der Waals surface area contributed by atoms with Crippen LogP contribution in [0.4, 0.5) is 0 Å². The Morgan fingerprint density at radius 3 is 2.00 bits per heavy atom. The molecule has 0 aliphatic rings. The lowest BCUT2D eigenvalue weighted by Crippen LogP contribution is -1.74. The molecule has 0 bridgehead atoms. The van der Waals surface area contributed by atoms with E-state index in [1.165, 1.54) is 0 Å². The molecule has 6 heteroatoms. The first-order valence-corrected chi connectivity index (χ1v) is 6.36. The molecule has 0 aliphatic carbocycles. The number of allylic oxidation sites excluding steroid dienone is 1. The molecule has 0 atom stereocenters. The number of alkyl halides is 1. The van der Waals surface area contributed by atoms with Gasteiger partial charge in [0.25, 0.3) is 5.85 Å². The molecule has 0 spiro atoms. The molecule has 54 valence electrons. The average Bonchev–Trinajstić information content (AvgIpc) is 1.65. The second kappa shape index (κ2) is 4.10. The summed E-state index contributed by atoms with van der Waals surface area (Å²) >= 11 is 20.8. The number of halogens is 4. The summed E-state index contributed by atoms with van der Waals surface area (Å²) in [6, 6.07) is 0. The fraction of sp³-hybridized carbons (Fsp3) is 0.333. The van der Waals surface area contributed by atoms with E-state index in [0.717, 1.165) is 5.54 Å². The van der Waals surface area contributed by atoms with Crippen molar-refractivity contribution in [2.24, 2.45) is 0 Å². The minimum absolute atomic E-state index is 0.00617. The summed E-state index contributed by atoms with van der Waals surface area (Å²) < 4.78 is 10.7. The highest BCUT2D eigenvalue weighted by Gasteiger charge is 2.18. The van der Waals surface area contributed by atoms with E-state index in [2.05, 4.69) is 0 Å². The van der Waals surface area contributed by atoms with Gasteiger partial charge in [-0.3, -0.25) is 4.57 Å². The lowest BCUT2D eigenvalue weighted by Gasteiger charge is -1.99. The summed E-state index contributed by atoms with van der Waals surface area (Å²) in [5.74, 6) is -3.24. The third-order valence-electron chi connectivity index (χ3n) is 0.597. The molecule has 0 unspecified atom stereocenters. The molecular formula is C3H3Cl4OP. The third kappa shape index (κ3) is 3.75. The molecule has 0 aromatic heterocycles. The van der Waals surface area contributed by atoms with Crippen molar-refractivity contribution in [3.05, 3.63) is 10.8 Å². The lowest BCUT2D eigenvalue weighted by molar-refractivity contribution is 0.596. The van der Waals surface area contributed by atoms with Crippen LogP contribution in [0.3, 0.4) is 0 Å². The summed E-state index contributed by atoms with van der Waals surface area (Å²) in [4.78, 5) is 0. The Balaban J connectivity index is 4.34. The minimum atomic E-state index is -3.23. The highest BCUT2D eigenvalue weighted by atomic mass is 35.9. The standard InChI is InChI=1S/C3H3Cl4OP/c4-1-3(2-5)9(6,7)8/h1H,2H2/b3-1-. The molecule has 0 aromatic carbocycles. The van der Waals surface area contributed by atoms with Crippen molar-refractivity contribution in [3.8, 4) is 0 Å². The number of rotatable bonds is 2. The van der Waals surface area contributed by atoms with Gasteiger partial charge in [0.15, 0.2) is 0 Å². The Kier molecular flexibility index (Phi) is 4.62. The summed E-state index contributed by atoms with van der Waals surface area (Å²) in [6.45, 7) is 0. The van der Waals surface area contributed by atoms with Crippen LogP contribution in [0.25, 0.3) is 0 Å². The maximum absolute atomic E-state index is 10.7. The first-order chi connectivity index (χ1) is 4.02. The number of hydrogen-bond acceptors (Lipinski definition) is 1. The van der Waals surface area contributed by atoms with Crippen LogP contribution in [0.1, 0.15) is 0 Å². The highest BCUT2D eigenvalue weighted by Crippen LogP contribution is 2.63. The predicted octanol–water partition coefficient (Wildman–Crippen LogP) is 3.98. The van der Waals surface area contributed by atoms with Crippen molar-refractivity contribution in [1.29, 1.82) is 0 Å². The molecule has 0 fully saturated rings. The molecule has 9 heavy (non-hydrogen) atoms. The zero-order valence-corrected chi connectivity index (χ0v) is 8.07. The summed E-state index contributed by atoms with van der Waals surface area (Å²) in [5.41, 5.74) is 1.04. The fourth-order valence-corrected chi connectivity index (χ4v) is 2.88. The van der Waals surface area contributed by atoms with Crippen LogP contribution in [0.15, 0.2) is 10.8 Å². The molecule has 0 rings (SSSR count). The minimum Gasteiger partial charge on any atom is -0.284 e. The SMILES string of the molecule is O=P(Cl)(Cl)/C(=C\Cl)CCl. The molecule has 0 aromatic rings. The van der Waals surface area contributed by atoms with Crippen LogP contribution >= 0.6 is 51.5 Å². The van der Waals surface area contributed by atoms with Crippen LogP contribution < -0.4 is 0 Å². The smallest absolute Gasteiger partial charge is 0.280 e. The van der Waals surface area contributed by atoms with Crippen LogP contribution in [0, 0.1) is 0 Å². The van der Waals surface area contributed by atoms with E-state index in [1.807, 2.05) is 0 Å². The van der Waals surface area contributed by atoms with Gasteiger partial charge >= 0.3 is 0 Å². The number of hydrogen-bond donors (Lipinski definition) is 0. The first-order valence-electron chi connectivity index (χ1n) is 1.87. The van der Waals surface area contributed by atoms with Gasteiger partial charge in [0, 0.05) is 10.8 Å². The van der Waals surface area contributed by atoms with E-state index in [4.69, 9.17) is 45.7 Å². The van der Waals surface area contributed by atoms with Gasteiger partial charge in [0.05, 0.1) is 5.88 Å². The van der Waals surface area contributed by atoms with E-state index >= 15 is 0 Å². The Morgan fingerprint density at radius 2 is 2.00 bits per heavy atom. The Morgan fingerprint density at radius 1 is 1.56 bits per heavy atom. The Hall–Kier alpha value is 1.13. The summed E-state index contributed by atoms with van der Waals surface area (Å²) in [7, 11) is 0. The van der Waals surface area contributed by atoms with Crippen molar-refractivity contribution in [1.82, 2.24) is 0 Å². The van der Waals surface area contributed by atoms with Crippen molar-refractivity contribution < 1.29 is 4.57 Å². The normalized spacial score (nSPS) is 14.0. The van der Waals surface area contributed by atoms with Crippen LogP contribution in [-0.2, 0) is 4.57 Å². The van der Waals surface area contributed by atoms with Crippen LogP contribution in [-0.4, -0.2) is 5.88 Å². The van der Waals surface area contributed by atoms with Gasteiger partial charge in [-0.15, -0.1) is 11.6 Å². The second-order valence-corrected chi connectivity index (χ2v) is 6.56. The topological polar surface area (TPSA) is 17.1 Å². The third-order valence-corrected chi connectivity index (χ3v) is 3.75. The van der Waals surface area contributed by atoms with Gasteiger partial charge in [0.2, 0.25) is 0 Å². The molecule has 0 N–H and O–H groups in total.